The first-order valence-electron chi connectivity index (χ1n) is 7.24. The van der Waals surface area contributed by atoms with E-state index < -0.39 is 0 Å². The molecule has 0 aliphatic carbocycles. The van der Waals surface area contributed by atoms with Crippen LogP contribution in [0.1, 0.15) is 21.7 Å². The standard InChI is InChI=1S/C14H19BrN6O/c1-10-11(8-19(2)18-10)9-20-3-5-21(6-4-20)14(22)13-12(15)7-16-17-13/h7-8H,3-6,9H2,1-2H3,(H,16,17). The van der Waals surface area contributed by atoms with Crippen molar-refractivity contribution in [2.45, 2.75) is 13.5 Å². The van der Waals surface area contributed by atoms with E-state index in [2.05, 4.69) is 42.3 Å². The zero-order valence-corrected chi connectivity index (χ0v) is 14.3. The van der Waals surface area contributed by atoms with Crippen molar-refractivity contribution in [1.82, 2.24) is 29.8 Å². The summed E-state index contributed by atoms with van der Waals surface area (Å²) in [4.78, 5) is 16.6. The number of carbonyl (C=O) groups is 1. The zero-order valence-electron chi connectivity index (χ0n) is 12.7. The second-order valence-corrected chi connectivity index (χ2v) is 6.43. The fraction of sp³-hybridized carbons (Fsp3) is 0.500. The molecule has 2 aromatic rings. The smallest absolute Gasteiger partial charge is 0.273 e. The molecule has 0 unspecified atom stereocenters. The van der Waals surface area contributed by atoms with Gasteiger partial charge in [-0.3, -0.25) is 19.5 Å². The second kappa shape index (κ2) is 6.21. The van der Waals surface area contributed by atoms with Gasteiger partial charge in [0.25, 0.3) is 5.91 Å². The van der Waals surface area contributed by atoms with E-state index in [9.17, 15) is 4.79 Å². The van der Waals surface area contributed by atoms with Gasteiger partial charge < -0.3 is 4.90 Å². The SMILES string of the molecule is Cc1nn(C)cc1CN1CCN(C(=O)c2[nH]ncc2Br)CC1. The number of piperazine rings is 1. The lowest BCUT2D eigenvalue weighted by molar-refractivity contribution is 0.0621. The first-order chi connectivity index (χ1) is 10.5. The topological polar surface area (TPSA) is 70.1 Å². The Morgan fingerprint density at radius 1 is 1.36 bits per heavy atom. The number of halogens is 1. The maximum absolute atomic E-state index is 12.4. The van der Waals surface area contributed by atoms with Crippen LogP contribution in [0.2, 0.25) is 0 Å². The molecule has 1 N–H and O–H groups in total. The largest absolute Gasteiger partial charge is 0.335 e. The third-order valence-corrected chi connectivity index (χ3v) is 4.58. The molecule has 1 aliphatic rings. The number of carbonyl (C=O) groups excluding carboxylic acids is 1. The van der Waals surface area contributed by atoms with E-state index in [0.717, 1.165) is 38.4 Å². The lowest BCUT2D eigenvalue weighted by atomic mass is 10.2. The summed E-state index contributed by atoms with van der Waals surface area (Å²) in [6.07, 6.45) is 3.67. The summed E-state index contributed by atoms with van der Waals surface area (Å²) in [5.74, 6) is 0.00147. The summed E-state index contributed by atoms with van der Waals surface area (Å²) in [6, 6.07) is 0. The van der Waals surface area contributed by atoms with Crippen molar-refractivity contribution in [3.8, 4) is 0 Å². The highest BCUT2D eigenvalue weighted by Gasteiger charge is 2.24. The van der Waals surface area contributed by atoms with Gasteiger partial charge in [-0.05, 0) is 22.9 Å². The minimum Gasteiger partial charge on any atom is -0.335 e. The number of hydrogen-bond donors (Lipinski definition) is 1. The number of hydrogen-bond acceptors (Lipinski definition) is 4. The molecular weight excluding hydrogens is 348 g/mol. The monoisotopic (exact) mass is 366 g/mol. The van der Waals surface area contributed by atoms with Crippen molar-refractivity contribution >= 4 is 21.8 Å². The van der Waals surface area contributed by atoms with Crippen LogP contribution < -0.4 is 0 Å². The minimum atomic E-state index is 0.00147. The predicted molar refractivity (Wildman–Crippen MR) is 85.4 cm³/mol. The molecule has 0 radical (unpaired) electrons. The van der Waals surface area contributed by atoms with Gasteiger partial charge in [0.05, 0.1) is 16.4 Å². The second-order valence-electron chi connectivity index (χ2n) is 5.57. The normalized spacial score (nSPS) is 16.2. The maximum Gasteiger partial charge on any atom is 0.273 e. The van der Waals surface area contributed by atoms with Crippen LogP contribution in [-0.2, 0) is 13.6 Å². The molecule has 1 saturated heterocycles. The molecule has 0 spiro atoms. The van der Waals surface area contributed by atoms with Gasteiger partial charge in [-0.1, -0.05) is 0 Å². The molecular formula is C14H19BrN6O. The van der Waals surface area contributed by atoms with Crippen LogP contribution in [0.3, 0.4) is 0 Å². The van der Waals surface area contributed by atoms with Crippen molar-refractivity contribution in [2.24, 2.45) is 7.05 Å². The molecule has 3 heterocycles. The molecule has 1 fully saturated rings. The highest BCUT2D eigenvalue weighted by atomic mass is 79.9. The average molecular weight is 367 g/mol. The van der Waals surface area contributed by atoms with Gasteiger partial charge in [-0.25, -0.2) is 0 Å². The third kappa shape index (κ3) is 3.07. The Morgan fingerprint density at radius 3 is 2.64 bits per heavy atom. The van der Waals surface area contributed by atoms with Crippen LogP contribution in [-0.4, -0.2) is 61.9 Å². The van der Waals surface area contributed by atoms with Crippen LogP contribution in [0.25, 0.3) is 0 Å². The number of aromatic nitrogens is 4. The van der Waals surface area contributed by atoms with Gasteiger partial charge in [0.1, 0.15) is 5.69 Å². The molecule has 3 rings (SSSR count). The number of amides is 1. The highest BCUT2D eigenvalue weighted by molar-refractivity contribution is 9.10. The number of H-pyrrole nitrogens is 1. The summed E-state index contributed by atoms with van der Waals surface area (Å²) >= 11 is 3.34. The Kier molecular flexibility index (Phi) is 4.30. The van der Waals surface area contributed by atoms with Crippen molar-refractivity contribution in [1.29, 1.82) is 0 Å². The molecule has 8 heteroatoms. The van der Waals surface area contributed by atoms with E-state index in [1.165, 1.54) is 5.56 Å². The molecule has 0 saturated carbocycles. The van der Waals surface area contributed by atoms with Gasteiger partial charge in [0.2, 0.25) is 0 Å². The summed E-state index contributed by atoms with van der Waals surface area (Å²) in [7, 11) is 1.94. The van der Waals surface area contributed by atoms with Crippen LogP contribution in [0, 0.1) is 6.92 Å². The summed E-state index contributed by atoms with van der Waals surface area (Å²) in [6.45, 7) is 6.10. The Morgan fingerprint density at radius 2 is 2.09 bits per heavy atom. The first kappa shape index (κ1) is 15.2. The van der Waals surface area contributed by atoms with Gasteiger partial charge >= 0.3 is 0 Å². The van der Waals surface area contributed by atoms with E-state index >= 15 is 0 Å². The fourth-order valence-corrected chi connectivity index (χ4v) is 3.09. The Labute approximate surface area is 137 Å². The molecule has 0 aromatic carbocycles. The Hall–Kier alpha value is -1.67. The molecule has 1 amide bonds. The molecule has 2 aromatic heterocycles. The van der Waals surface area contributed by atoms with E-state index in [4.69, 9.17) is 0 Å². The van der Waals surface area contributed by atoms with E-state index in [0.29, 0.717) is 10.2 Å². The highest BCUT2D eigenvalue weighted by Crippen LogP contribution is 2.17. The fourth-order valence-electron chi connectivity index (χ4n) is 2.73. The minimum absolute atomic E-state index is 0.00147. The maximum atomic E-state index is 12.4. The lowest BCUT2D eigenvalue weighted by Crippen LogP contribution is -2.48. The van der Waals surface area contributed by atoms with Crippen molar-refractivity contribution in [3.05, 3.63) is 33.8 Å². The van der Waals surface area contributed by atoms with Crippen molar-refractivity contribution in [2.75, 3.05) is 26.2 Å². The van der Waals surface area contributed by atoms with Crippen molar-refractivity contribution < 1.29 is 4.79 Å². The number of nitrogens with zero attached hydrogens (tertiary/aromatic N) is 5. The van der Waals surface area contributed by atoms with E-state index in [1.54, 1.807) is 6.20 Å². The molecule has 1 aliphatic heterocycles. The number of aromatic amines is 1. The Bertz CT molecular complexity index is 671. The van der Waals surface area contributed by atoms with Gasteiger partial charge in [-0.15, -0.1) is 0 Å². The summed E-state index contributed by atoms with van der Waals surface area (Å²) < 4.78 is 2.56. The lowest BCUT2D eigenvalue weighted by Gasteiger charge is -2.34. The molecule has 0 bridgehead atoms. The third-order valence-electron chi connectivity index (χ3n) is 3.98. The quantitative estimate of drug-likeness (QED) is 0.884. The predicted octanol–water partition coefficient (Wildman–Crippen LogP) is 1.17. The van der Waals surface area contributed by atoms with Crippen LogP contribution >= 0.6 is 15.9 Å². The van der Waals surface area contributed by atoms with Crippen molar-refractivity contribution in [3.63, 3.8) is 0 Å². The van der Waals surface area contributed by atoms with Crippen LogP contribution in [0.15, 0.2) is 16.9 Å². The average Bonchev–Trinajstić information content (AvgIpc) is 3.05. The number of rotatable bonds is 3. The van der Waals surface area contributed by atoms with E-state index in [-0.39, 0.29) is 5.91 Å². The van der Waals surface area contributed by atoms with Gasteiger partial charge in [0, 0.05) is 51.5 Å². The molecule has 22 heavy (non-hydrogen) atoms. The van der Waals surface area contributed by atoms with Gasteiger partial charge in [-0.2, -0.15) is 10.2 Å². The van der Waals surface area contributed by atoms with Crippen LogP contribution in [0.5, 0.6) is 0 Å². The molecule has 0 atom stereocenters. The summed E-state index contributed by atoms with van der Waals surface area (Å²) in [5, 5.41) is 11.0. The zero-order chi connectivity index (χ0) is 15.7. The summed E-state index contributed by atoms with van der Waals surface area (Å²) in [5.41, 5.74) is 2.84. The van der Waals surface area contributed by atoms with Crippen LogP contribution in [0.4, 0.5) is 0 Å². The molecule has 118 valence electrons. The Balaban J connectivity index is 1.57. The number of nitrogens with one attached hydrogen (secondary N) is 1. The first-order valence-corrected chi connectivity index (χ1v) is 8.03. The van der Waals surface area contributed by atoms with Gasteiger partial charge in [0.15, 0.2) is 0 Å². The van der Waals surface area contributed by atoms with E-state index in [1.807, 2.05) is 23.6 Å². The molecule has 7 nitrogen and oxygen atoms in total. The number of aryl methyl sites for hydroxylation is 2.